The van der Waals surface area contributed by atoms with Crippen LogP contribution in [0.4, 0.5) is 0 Å². The number of amides is 2. The molecule has 2 N–H and O–H groups in total. The molecule has 3 aromatic rings. The predicted molar refractivity (Wildman–Crippen MR) is 111 cm³/mol. The van der Waals surface area contributed by atoms with Crippen molar-refractivity contribution < 1.29 is 14.0 Å². The SMILES string of the molecule is CC[C@@H]1CCc2sc(C(=O)NNC(=O)CCn3c(=O)oc4ccccc43)cc2C1. The van der Waals surface area contributed by atoms with Gasteiger partial charge in [0.1, 0.15) is 0 Å². The van der Waals surface area contributed by atoms with Crippen LogP contribution in [0.3, 0.4) is 0 Å². The van der Waals surface area contributed by atoms with Crippen LogP contribution in [0.2, 0.25) is 0 Å². The summed E-state index contributed by atoms with van der Waals surface area (Å²) in [6.07, 6.45) is 4.41. The van der Waals surface area contributed by atoms with Gasteiger partial charge in [0.15, 0.2) is 5.58 Å². The van der Waals surface area contributed by atoms with Gasteiger partial charge in [0.05, 0.1) is 10.4 Å². The largest absolute Gasteiger partial charge is 0.419 e. The molecule has 0 fully saturated rings. The first-order valence-electron chi connectivity index (χ1n) is 9.84. The molecule has 0 aliphatic heterocycles. The monoisotopic (exact) mass is 413 g/mol. The summed E-state index contributed by atoms with van der Waals surface area (Å²) in [4.78, 5) is 38.4. The zero-order valence-electron chi connectivity index (χ0n) is 16.2. The number of hydrazine groups is 1. The van der Waals surface area contributed by atoms with Gasteiger partial charge in [-0.1, -0.05) is 25.5 Å². The lowest BCUT2D eigenvalue weighted by Crippen LogP contribution is -2.41. The van der Waals surface area contributed by atoms with Crippen molar-refractivity contribution >= 4 is 34.3 Å². The molecule has 0 radical (unpaired) electrons. The molecule has 1 atom stereocenters. The number of aromatic nitrogens is 1. The summed E-state index contributed by atoms with van der Waals surface area (Å²) in [6.45, 7) is 2.37. The second kappa shape index (κ2) is 8.24. The Hall–Kier alpha value is -2.87. The lowest BCUT2D eigenvalue weighted by molar-refractivity contribution is -0.122. The van der Waals surface area contributed by atoms with E-state index in [4.69, 9.17) is 4.42 Å². The molecule has 2 amide bonds. The Labute approximate surface area is 171 Å². The molecule has 0 saturated heterocycles. The number of thiophene rings is 1. The maximum Gasteiger partial charge on any atom is 0.419 e. The molecule has 8 heteroatoms. The first kappa shape index (κ1) is 19.4. The van der Waals surface area contributed by atoms with Crippen molar-refractivity contribution in [3.8, 4) is 0 Å². The number of fused-ring (bicyclic) bond motifs is 2. The molecule has 0 saturated carbocycles. The van der Waals surface area contributed by atoms with Crippen LogP contribution < -0.4 is 16.6 Å². The Bertz CT molecular complexity index is 1110. The van der Waals surface area contributed by atoms with Crippen molar-refractivity contribution in [3.63, 3.8) is 0 Å². The molecule has 1 aromatic carbocycles. The van der Waals surface area contributed by atoms with E-state index in [-0.39, 0.29) is 24.8 Å². The summed E-state index contributed by atoms with van der Waals surface area (Å²) in [5, 5.41) is 0. The summed E-state index contributed by atoms with van der Waals surface area (Å²) in [6, 6.07) is 9.00. The number of oxazole rings is 1. The van der Waals surface area contributed by atoms with E-state index < -0.39 is 5.76 Å². The van der Waals surface area contributed by atoms with Crippen LogP contribution in [0, 0.1) is 5.92 Å². The van der Waals surface area contributed by atoms with Crippen molar-refractivity contribution in [1.29, 1.82) is 0 Å². The highest BCUT2D eigenvalue weighted by atomic mass is 32.1. The molecule has 1 aliphatic rings. The number of rotatable bonds is 5. The smallest absolute Gasteiger partial charge is 0.408 e. The van der Waals surface area contributed by atoms with Crippen LogP contribution in [0.15, 0.2) is 39.5 Å². The molecule has 152 valence electrons. The van der Waals surface area contributed by atoms with Gasteiger partial charge in [-0.3, -0.25) is 25.0 Å². The third-order valence-corrected chi connectivity index (χ3v) is 6.67. The van der Waals surface area contributed by atoms with Gasteiger partial charge in [-0.25, -0.2) is 4.79 Å². The fourth-order valence-electron chi connectivity index (χ4n) is 3.75. The molecular formula is C21H23N3O4S. The minimum Gasteiger partial charge on any atom is -0.408 e. The molecule has 4 rings (SSSR count). The maximum absolute atomic E-state index is 12.4. The minimum absolute atomic E-state index is 0.0445. The number of hydrogen-bond acceptors (Lipinski definition) is 5. The van der Waals surface area contributed by atoms with E-state index in [9.17, 15) is 14.4 Å². The maximum atomic E-state index is 12.4. The van der Waals surface area contributed by atoms with Crippen molar-refractivity contribution in [1.82, 2.24) is 15.4 Å². The van der Waals surface area contributed by atoms with E-state index in [0.29, 0.717) is 21.9 Å². The third-order valence-electron chi connectivity index (χ3n) is 5.44. The fraction of sp³-hybridized carbons (Fsp3) is 0.381. The first-order chi connectivity index (χ1) is 14.0. The number of nitrogens with one attached hydrogen (secondary N) is 2. The number of nitrogens with zero attached hydrogens (tertiary/aromatic N) is 1. The zero-order chi connectivity index (χ0) is 20.4. The Morgan fingerprint density at radius 3 is 2.93 bits per heavy atom. The Morgan fingerprint density at radius 1 is 1.28 bits per heavy atom. The average Bonchev–Trinajstić information content (AvgIpc) is 3.30. The molecule has 1 aliphatic carbocycles. The summed E-state index contributed by atoms with van der Waals surface area (Å²) in [5.74, 6) is -0.493. The van der Waals surface area contributed by atoms with Crippen LogP contribution in [-0.4, -0.2) is 16.4 Å². The van der Waals surface area contributed by atoms with Crippen molar-refractivity contribution in [3.05, 3.63) is 56.2 Å². The first-order valence-corrected chi connectivity index (χ1v) is 10.7. The Balaban J connectivity index is 1.32. The van der Waals surface area contributed by atoms with Crippen LogP contribution in [0.25, 0.3) is 11.1 Å². The lowest BCUT2D eigenvalue weighted by Gasteiger charge is -2.19. The quantitative estimate of drug-likeness (QED) is 0.629. The number of hydrogen-bond donors (Lipinski definition) is 2. The molecule has 2 aromatic heterocycles. The second-order valence-corrected chi connectivity index (χ2v) is 8.45. The number of para-hydroxylation sites is 2. The third kappa shape index (κ3) is 4.12. The number of benzene rings is 1. The van der Waals surface area contributed by atoms with Crippen molar-refractivity contribution in [2.24, 2.45) is 5.92 Å². The van der Waals surface area contributed by atoms with Gasteiger partial charge in [-0.05, 0) is 48.9 Å². The summed E-state index contributed by atoms with van der Waals surface area (Å²) >= 11 is 1.50. The summed E-state index contributed by atoms with van der Waals surface area (Å²) in [5.41, 5.74) is 7.30. The minimum atomic E-state index is -0.502. The topological polar surface area (TPSA) is 93.3 Å². The van der Waals surface area contributed by atoms with Crippen LogP contribution in [0.1, 0.15) is 46.3 Å². The van der Waals surface area contributed by atoms with E-state index in [1.165, 1.54) is 32.8 Å². The number of carbonyl (C=O) groups is 2. The molecular weight excluding hydrogens is 390 g/mol. The molecule has 2 heterocycles. The van der Waals surface area contributed by atoms with Crippen LogP contribution in [0.5, 0.6) is 0 Å². The number of aryl methyl sites for hydroxylation is 2. The standard InChI is InChI=1S/C21H23N3O4S/c1-2-13-7-8-17-14(11-13)12-18(29-17)20(26)23-22-19(25)9-10-24-15-5-3-4-6-16(15)28-21(24)27/h3-6,12-13H,2,7-11H2,1H3,(H,22,25)(H,23,26)/t13-/m1/s1. The Kier molecular flexibility index (Phi) is 5.53. The van der Waals surface area contributed by atoms with Gasteiger partial charge < -0.3 is 4.42 Å². The van der Waals surface area contributed by atoms with E-state index in [1.54, 1.807) is 24.3 Å². The van der Waals surface area contributed by atoms with E-state index in [2.05, 4.69) is 17.8 Å². The molecule has 0 bridgehead atoms. The number of carbonyl (C=O) groups excluding carboxylic acids is 2. The van der Waals surface area contributed by atoms with Gasteiger partial charge in [-0.2, -0.15) is 0 Å². The summed E-state index contributed by atoms with van der Waals surface area (Å²) in [7, 11) is 0. The van der Waals surface area contributed by atoms with E-state index in [1.807, 2.05) is 6.07 Å². The lowest BCUT2D eigenvalue weighted by atomic mass is 9.87. The molecule has 7 nitrogen and oxygen atoms in total. The average molecular weight is 413 g/mol. The van der Waals surface area contributed by atoms with Gasteiger partial charge in [0, 0.05) is 17.8 Å². The van der Waals surface area contributed by atoms with Crippen molar-refractivity contribution in [2.75, 3.05) is 0 Å². The van der Waals surface area contributed by atoms with Crippen molar-refractivity contribution in [2.45, 2.75) is 45.6 Å². The molecule has 0 unspecified atom stereocenters. The highest BCUT2D eigenvalue weighted by Gasteiger charge is 2.22. The van der Waals surface area contributed by atoms with E-state index >= 15 is 0 Å². The predicted octanol–water partition coefficient (Wildman–Crippen LogP) is 3.02. The van der Waals surface area contributed by atoms with Gasteiger partial charge >= 0.3 is 5.76 Å². The second-order valence-electron chi connectivity index (χ2n) is 7.32. The van der Waals surface area contributed by atoms with Gasteiger partial charge in [0.2, 0.25) is 5.91 Å². The summed E-state index contributed by atoms with van der Waals surface area (Å²) < 4.78 is 6.56. The molecule has 29 heavy (non-hydrogen) atoms. The van der Waals surface area contributed by atoms with Gasteiger partial charge in [-0.15, -0.1) is 11.3 Å². The van der Waals surface area contributed by atoms with E-state index in [0.717, 1.165) is 19.3 Å². The highest BCUT2D eigenvalue weighted by Crippen LogP contribution is 2.33. The molecule has 0 spiro atoms. The Morgan fingerprint density at radius 2 is 2.10 bits per heavy atom. The van der Waals surface area contributed by atoms with Crippen LogP contribution >= 0.6 is 11.3 Å². The highest BCUT2D eigenvalue weighted by molar-refractivity contribution is 7.14. The normalized spacial score (nSPS) is 15.8. The fourth-order valence-corrected chi connectivity index (χ4v) is 4.85. The van der Waals surface area contributed by atoms with Gasteiger partial charge in [0.25, 0.3) is 5.91 Å². The van der Waals surface area contributed by atoms with Crippen LogP contribution in [-0.2, 0) is 24.2 Å². The zero-order valence-corrected chi connectivity index (χ0v) is 17.0.